The number of nitrogens with zero attached hydrogens (tertiary/aromatic N) is 4. The minimum absolute atomic E-state index is 0.0917. The quantitative estimate of drug-likeness (QED) is 0.405. The molecule has 1 saturated carbocycles. The van der Waals surface area contributed by atoms with Gasteiger partial charge in [-0.1, -0.05) is 19.3 Å². The highest BCUT2D eigenvalue weighted by Gasteiger charge is 2.31. The molecule has 0 aromatic carbocycles. The van der Waals surface area contributed by atoms with Gasteiger partial charge in [-0.25, -0.2) is 14.8 Å². The van der Waals surface area contributed by atoms with Crippen LogP contribution in [-0.4, -0.2) is 69.5 Å². The van der Waals surface area contributed by atoms with E-state index in [1.165, 1.54) is 24.8 Å². The molecule has 8 nitrogen and oxygen atoms in total. The first kappa shape index (κ1) is 28.8. The van der Waals surface area contributed by atoms with Gasteiger partial charge < -0.3 is 20.4 Å². The number of carbonyl (C=O) groups excluding carboxylic acids is 2. The predicted molar refractivity (Wildman–Crippen MR) is 153 cm³/mol. The summed E-state index contributed by atoms with van der Waals surface area (Å²) in [6.07, 6.45) is 8.64. The number of nitrogens with one attached hydrogen (secondary N) is 2. The second-order valence-electron chi connectivity index (χ2n) is 10.7. The van der Waals surface area contributed by atoms with Crippen molar-refractivity contribution >= 4 is 34.9 Å². The lowest BCUT2D eigenvalue weighted by atomic mass is 9.95. The van der Waals surface area contributed by atoms with Crippen molar-refractivity contribution in [3.05, 3.63) is 44.6 Å². The van der Waals surface area contributed by atoms with E-state index in [1.807, 2.05) is 0 Å². The van der Waals surface area contributed by atoms with Crippen LogP contribution in [0.3, 0.4) is 0 Å². The van der Waals surface area contributed by atoms with Gasteiger partial charge in [0.2, 0.25) is 5.28 Å². The summed E-state index contributed by atoms with van der Waals surface area (Å²) in [6.45, 7) is 8.91. The zero-order chi connectivity index (χ0) is 27.1. The standard InChI is InChI=1S/C28H41ClN6O2S/c1-19(9-13-30-26(36)25-20(2)31-27(29)32-21(25)3)34-14-10-24(11-15-34)35(17-22-12-16-38-18-22)28(37)33-23-7-5-4-6-8-23/h12,16,18-19,23-24H,4-11,13-15,17H2,1-3H3,(H,30,36)(H,33,37). The number of hydrogen-bond donors (Lipinski definition) is 2. The van der Waals surface area contributed by atoms with Gasteiger partial charge in [0.15, 0.2) is 0 Å². The fraction of sp³-hybridized carbons (Fsp3) is 0.643. The van der Waals surface area contributed by atoms with Crippen LogP contribution in [0.25, 0.3) is 0 Å². The first-order valence-electron chi connectivity index (χ1n) is 13.9. The number of urea groups is 1. The van der Waals surface area contributed by atoms with Gasteiger partial charge in [0.05, 0.1) is 17.0 Å². The lowest BCUT2D eigenvalue weighted by Crippen LogP contribution is -2.53. The molecule has 3 heterocycles. The highest BCUT2D eigenvalue weighted by molar-refractivity contribution is 7.07. The first-order valence-corrected chi connectivity index (χ1v) is 15.2. The molecule has 2 aliphatic rings. The normalized spacial score (nSPS) is 18.2. The van der Waals surface area contributed by atoms with Crippen LogP contribution in [0.2, 0.25) is 5.28 Å². The molecule has 1 aliphatic carbocycles. The Morgan fingerprint density at radius 2 is 1.82 bits per heavy atom. The van der Waals surface area contributed by atoms with Crippen LogP contribution in [0.15, 0.2) is 16.8 Å². The Bertz CT molecular complexity index is 1040. The highest BCUT2D eigenvalue weighted by atomic mass is 35.5. The van der Waals surface area contributed by atoms with E-state index in [4.69, 9.17) is 11.6 Å². The van der Waals surface area contributed by atoms with Crippen LogP contribution in [-0.2, 0) is 6.54 Å². The molecule has 0 radical (unpaired) electrons. The molecule has 3 amide bonds. The molecule has 2 N–H and O–H groups in total. The maximum atomic E-state index is 13.4. The van der Waals surface area contributed by atoms with Crippen LogP contribution in [0, 0.1) is 13.8 Å². The van der Waals surface area contributed by atoms with E-state index in [1.54, 1.807) is 25.2 Å². The van der Waals surface area contributed by atoms with Gasteiger partial charge in [-0.15, -0.1) is 0 Å². The van der Waals surface area contributed by atoms with Crippen molar-refractivity contribution in [3.63, 3.8) is 0 Å². The molecule has 1 atom stereocenters. The second kappa shape index (κ2) is 13.7. The Morgan fingerprint density at radius 1 is 1.13 bits per heavy atom. The summed E-state index contributed by atoms with van der Waals surface area (Å²) in [5.74, 6) is -0.157. The first-order chi connectivity index (χ1) is 18.3. The summed E-state index contributed by atoms with van der Waals surface area (Å²) in [5, 5.41) is 10.8. The van der Waals surface area contributed by atoms with Crippen molar-refractivity contribution in [3.8, 4) is 0 Å². The van der Waals surface area contributed by atoms with Crippen molar-refractivity contribution < 1.29 is 9.59 Å². The van der Waals surface area contributed by atoms with Gasteiger partial charge in [0.25, 0.3) is 5.91 Å². The number of halogens is 1. The van der Waals surface area contributed by atoms with Gasteiger partial charge in [-0.3, -0.25) is 4.79 Å². The van der Waals surface area contributed by atoms with Crippen LogP contribution < -0.4 is 10.6 Å². The monoisotopic (exact) mass is 560 g/mol. The van der Waals surface area contributed by atoms with E-state index in [0.717, 1.165) is 45.2 Å². The number of carbonyl (C=O) groups is 2. The van der Waals surface area contributed by atoms with Crippen molar-refractivity contribution in [1.29, 1.82) is 0 Å². The van der Waals surface area contributed by atoms with E-state index in [-0.39, 0.29) is 23.3 Å². The molecule has 1 aliphatic heterocycles. The zero-order valence-corrected chi connectivity index (χ0v) is 24.4. The number of hydrogen-bond acceptors (Lipinski definition) is 6. The third-order valence-electron chi connectivity index (χ3n) is 8.01. The molecular weight excluding hydrogens is 520 g/mol. The number of likely N-dealkylation sites (tertiary alicyclic amines) is 1. The minimum atomic E-state index is -0.157. The third-order valence-corrected chi connectivity index (χ3v) is 8.91. The van der Waals surface area contributed by atoms with Crippen LogP contribution in [0.1, 0.15) is 85.6 Å². The summed E-state index contributed by atoms with van der Waals surface area (Å²) in [7, 11) is 0. The fourth-order valence-electron chi connectivity index (χ4n) is 5.76. The Balaban J connectivity index is 1.27. The van der Waals surface area contributed by atoms with Gasteiger partial charge in [-0.05, 0) is 86.9 Å². The third kappa shape index (κ3) is 7.67. The van der Waals surface area contributed by atoms with Gasteiger partial charge in [0.1, 0.15) is 0 Å². The second-order valence-corrected chi connectivity index (χ2v) is 11.9. The van der Waals surface area contributed by atoms with Crippen molar-refractivity contribution in [2.75, 3.05) is 19.6 Å². The molecule has 0 bridgehead atoms. The molecule has 2 aromatic rings. The minimum Gasteiger partial charge on any atom is -0.352 e. The topological polar surface area (TPSA) is 90.5 Å². The Hall–Kier alpha value is -2.23. The van der Waals surface area contributed by atoms with Crippen LogP contribution >= 0.6 is 22.9 Å². The van der Waals surface area contributed by atoms with E-state index < -0.39 is 0 Å². The maximum absolute atomic E-state index is 13.4. The number of piperidine rings is 1. The van der Waals surface area contributed by atoms with Crippen molar-refractivity contribution in [2.45, 2.75) is 96.8 Å². The van der Waals surface area contributed by atoms with E-state index in [2.05, 4.69) is 54.2 Å². The molecular formula is C28H41ClN6O2S. The van der Waals surface area contributed by atoms with E-state index in [0.29, 0.717) is 42.1 Å². The summed E-state index contributed by atoms with van der Waals surface area (Å²) in [4.78, 5) is 38.9. The Morgan fingerprint density at radius 3 is 2.45 bits per heavy atom. The summed E-state index contributed by atoms with van der Waals surface area (Å²) < 4.78 is 0. The number of rotatable bonds is 9. The molecule has 1 unspecified atom stereocenters. The Labute approximate surface area is 235 Å². The molecule has 1 saturated heterocycles. The predicted octanol–water partition coefficient (Wildman–Crippen LogP) is 5.33. The van der Waals surface area contributed by atoms with Gasteiger partial charge in [0, 0.05) is 44.3 Å². The largest absolute Gasteiger partial charge is 0.352 e. The average molecular weight is 561 g/mol. The van der Waals surface area contributed by atoms with Crippen LogP contribution in [0.4, 0.5) is 4.79 Å². The summed E-state index contributed by atoms with van der Waals surface area (Å²) in [5.41, 5.74) is 2.89. The zero-order valence-electron chi connectivity index (χ0n) is 22.8. The van der Waals surface area contributed by atoms with E-state index in [9.17, 15) is 9.59 Å². The molecule has 10 heteroatoms. The number of aromatic nitrogens is 2. The molecule has 4 rings (SSSR count). The van der Waals surface area contributed by atoms with Crippen molar-refractivity contribution in [1.82, 2.24) is 30.4 Å². The number of aryl methyl sites for hydroxylation is 2. The van der Waals surface area contributed by atoms with Crippen molar-refractivity contribution in [2.24, 2.45) is 0 Å². The van der Waals surface area contributed by atoms with Gasteiger partial charge in [-0.2, -0.15) is 11.3 Å². The lowest BCUT2D eigenvalue weighted by Gasteiger charge is -2.41. The molecule has 208 valence electrons. The lowest BCUT2D eigenvalue weighted by molar-refractivity contribution is 0.0895. The number of amides is 3. The SMILES string of the molecule is Cc1nc(Cl)nc(C)c1C(=O)NCCC(C)N1CCC(N(Cc2ccsc2)C(=O)NC2CCCCC2)CC1. The smallest absolute Gasteiger partial charge is 0.318 e. The molecule has 2 aromatic heterocycles. The number of thiophene rings is 1. The van der Waals surface area contributed by atoms with Crippen LogP contribution in [0.5, 0.6) is 0 Å². The summed E-state index contributed by atoms with van der Waals surface area (Å²) in [6, 6.07) is 3.09. The molecule has 2 fully saturated rings. The fourth-order valence-corrected chi connectivity index (χ4v) is 6.67. The Kier molecular flexibility index (Phi) is 10.4. The van der Waals surface area contributed by atoms with E-state index >= 15 is 0 Å². The highest BCUT2D eigenvalue weighted by Crippen LogP contribution is 2.24. The molecule has 0 spiro atoms. The average Bonchev–Trinajstić information content (AvgIpc) is 3.41. The van der Waals surface area contributed by atoms with Gasteiger partial charge >= 0.3 is 6.03 Å². The summed E-state index contributed by atoms with van der Waals surface area (Å²) >= 11 is 7.58. The maximum Gasteiger partial charge on any atom is 0.318 e. The molecule has 38 heavy (non-hydrogen) atoms.